The number of rotatable bonds is 23. The van der Waals surface area contributed by atoms with Crippen molar-refractivity contribution in [3.63, 3.8) is 0 Å². The topological polar surface area (TPSA) is 83.5 Å². The lowest BCUT2D eigenvalue weighted by Gasteiger charge is -2.32. The van der Waals surface area contributed by atoms with Gasteiger partial charge >= 0.3 is 0 Å². The van der Waals surface area contributed by atoms with Crippen molar-refractivity contribution in [2.24, 2.45) is 0 Å². The fraction of sp³-hybridized carbons (Fsp3) is 0.800. The van der Waals surface area contributed by atoms with E-state index in [1.54, 1.807) is 27.7 Å². The molecule has 8 nitrogen and oxygen atoms in total. The third-order valence-electron chi connectivity index (χ3n) is 6.16. The molecule has 0 aliphatic carbocycles. The molecule has 0 rings (SSSR count). The summed E-state index contributed by atoms with van der Waals surface area (Å²) >= 11 is 0. The average molecular weight is 542 g/mol. The maximum absolute atomic E-state index is 12.0. The van der Waals surface area contributed by atoms with E-state index in [1.165, 1.54) is 12.2 Å². The zero-order chi connectivity index (χ0) is 29.6. The molecule has 0 aromatic rings. The van der Waals surface area contributed by atoms with Crippen LogP contribution in [0.15, 0.2) is 25.3 Å². The van der Waals surface area contributed by atoms with Gasteiger partial charge in [0.25, 0.3) is 0 Å². The minimum atomic E-state index is -0.936. The van der Waals surface area contributed by atoms with E-state index in [4.69, 9.17) is 23.7 Å². The molecule has 0 aromatic carbocycles. The molecule has 0 aliphatic rings. The van der Waals surface area contributed by atoms with Gasteiger partial charge in [0.2, 0.25) is 0 Å². The Kier molecular flexibility index (Phi) is 16.0. The lowest BCUT2D eigenvalue weighted by molar-refractivity contribution is -0.149. The Morgan fingerprint density at radius 1 is 0.684 bits per heavy atom. The Balaban J connectivity index is 4.76. The molecule has 0 unspecified atom stereocenters. The van der Waals surface area contributed by atoms with Crippen molar-refractivity contribution in [2.45, 2.75) is 104 Å². The standard InChI is InChI=1S/C30H55NO7/c1-13-25(32)29(9,10)37-19-15-27(5,6)35-21-17-31(16-20-34-24(3)4)18-22-36-28(7,8)23-38-30(11,12)26(33)14-2/h13-14,24H,1-2,15-23H2,3-12H3. The monoisotopic (exact) mass is 541 g/mol. The Labute approximate surface area is 232 Å². The number of hydrogen-bond acceptors (Lipinski definition) is 8. The van der Waals surface area contributed by atoms with Gasteiger partial charge in [-0.15, -0.1) is 0 Å². The highest BCUT2D eigenvalue weighted by Gasteiger charge is 2.30. The van der Waals surface area contributed by atoms with Crippen LogP contribution >= 0.6 is 0 Å². The highest BCUT2D eigenvalue weighted by atomic mass is 16.6. The summed E-state index contributed by atoms with van der Waals surface area (Å²) in [6.07, 6.45) is 3.39. The van der Waals surface area contributed by atoms with Gasteiger partial charge in [0.1, 0.15) is 11.2 Å². The van der Waals surface area contributed by atoms with Crippen LogP contribution in [0.5, 0.6) is 0 Å². The van der Waals surface area contributed by atoms with Gasteiger partial charge in [0.05, 0.1) is 50.3 Å². The summed E-state index contributed by atoms with van der Waals surface area (Å²) in [6.45, 7) is 30.5. The van der Waals surface area contributed by atoms with Crippen LogP contribution in [0.2, 0.25) is 0 Å². The first-order valence-corrected chi connectivity index (χ1v) is 13.6. The van der Waals surface area contributed by atoms with Gasteiger partial charge in [-0.25, -0.2) is 0 Å². The number of ether oxygens (including phenoxy) is 5. The smallest absolute Gasteiger partial charge is 0.186 e. The first-order valence-electron chi connectivity index (χ1n) is 13.6. The maximum atomic E-state index is 12.0. The minimum absolute atomic E-state index is 0.138. The zero-order valence-electron chi connectivity index (χ0n) is 25.8. The second-order valence-corrected chi connectivity index (χ2v) is 12.0. The molecule has 0 N–H and O–H groups in total. The van der Waals surface area contributed by atoms with Crippen LogP contribution in [0.3, 0.4) is 0 Å². The van der Waals surface area contributed by atoms with Gasteiger partial charge < -0.3 is 23.7 Å². The Morgan fingerprint density at radius 2 is 1.13 bits per heavy atom. The molecule has 0 aliphatic heterocycles. The van der Waals surface area contributed by atoms with Crippen LogP contribution in [-0.4, -0.2) is 97.6 Å². The molecule has 0 spiro atoms. The molecular formula is C30H55NO7. The van der Waals surface area contributed by atoms with Gasteiger partial charge in [0, 0.05) is 19.6 Å². The van der Waals surface area contributed by atoms with Gasteiger partial charge in [-0.1, -0.05) is 13.2 Å². The summed E-state index contributed by atoms with van der Waals surface area (Å²) in [5.74, 6) is -0.297. The van der Waals surface area contributed by atoms with Crippen molar-refractivity contribution in [3.8, 4) is 0 Å². The largest absolute Gasteiger partial charge is 0.377 e. The molecule has 0 heterocycles. The Morgan fingerprint density at radius 3 is 1.61 bits per heavy atom. The number of hydrogen-bond donors (Lipinski definition) is 0. The number of nitrogens with zero attached hydrogens (tertiary/aromatic N) is 1. The van der Waals surface area contributed by atoms with Crippen LogP contribution < -0.4 is 0 Å². The first kappa shape index (κ1) is 36.6. The molecule has 0 amide bonds. The maximum Gasteiger partial charge on any atom is 0.186 e. The molecule has 0 saturated carbocycles. The van der Waals surface area contributed by atoms with Gasteiger partial charge in [-0.2, -0.15) is 0 Å². The summed E-state index contributed by atoms with van der Waals surface area (Å²) in [4.78, 5) is 26.1. The molecule has 0 radical (unpaired) electrons. The van der Waals surface area contributed by atoms with Crippen molar-refractivity contribution in [2.75, 3.05) is 52.7 Å². The number of ketones is 2. The van der Waals surface area contributed by atoms with Gasteiger partial charge in [-0.05, 0) is 87.8 Å². The van der Waals surface area contributed by atoms with E-state index >= 15 is 0 Å². The predicted octanol–water partition coefficient (Wildman–Crippen LogP) is 4.79. The summed E-state index contributed by atoms with van der Waals surface area (Å²) < 4.78 is 29.7. The summed E-state index contributed by atoms with van der Waals surface area (Å²) in [6, 6.07) is 0. The molecule has 38 heavy (non-hydrogen) atoms. The van der Waals surface area contributed by atoms with E-state index < -0.39 is 22.4 Å². The van der Waals surface area contributed by atoms with Gasteiger partial charge in [-0.3, -0.25) is 14.5 Å². The summed E-state index contributed by atoms with van der Waals surface area (Å²) in [7, 11) is 0. The highest BCUT2D eigenvalue weighted by Crippen LogP contribution is 2.19. The lowest BCUT2D eigenvalue weighted by atomic mass is 10.0. The molecule has 8 heteroatoms. The number of carbonyl (C=O) groups is 2. The van der Waals surface area contributed by atoms with Crippen LogP contribution in [-0.2, 0) is 33.3 Å². The predicted molar refractivity (Wildman–Crippen MR) is 153 cm³/mol. The molecular weight excluding hydrogens is 486 g/mol. The van der Waals surface area contributed by atoms with Crippen molar-refractivity contribution in [1.29, 1.82) is 0 Å². The second-order valence-electron chi connectivity index (χ2n) is 12.0. The fourth-order valence-corrected chi connectivity index (χ4v) is 3.31. The third kappa shape index (κ3) is 15.9. The highest BCUT2D eigenvalue weighted by molar-refractivity contribution is 5.96. The third-order valence-corrected chi connectivity index (χ3v) is 6.16. The summed E-state index contributed by atoms with van der Waals surface area (Å²) in [5, 5.41) is 0. The van der Waals surface area contributed by atoms with Crippen molar-refractivity contribution >= 4 is 11.6 Å². The average Bonchev–Trinajstić information content (AvgIpc) is 2.80. The lowest BCUT2D eigenvalue weighted by Crippen LogP contribution is -2.42. The van der Waals surface area contributed by atoms with E-state index in [9.17, 15) is 9.59 Å². The van der Waals surface area contributed by atoms with Crippen LogP contribution in [0.4, 0.5) is 0 Å². The normalized spacial score (nSPS) is 13.3. The van der Waals surface area contributed by atoms with Crippen molar-refractivity contribution < 1.29 is 33.3 Å². The fourth-order valence-electron chi connectivity index (χ4n) is 3.31. The van der Waals surface area contributed by atoms with E-state index in [1.807, 2.05) is 41.5 Å². The molecule has 0 fully saturated rings. The zero-order valence-corrected chi connectivity index (χ0v) is 25.8. The molecule has 0 bridgehead atoms. The molecule has 0 saturated heterocycles. The van der Waals surface area contributed by atoms with Crippen LogP contribution in [0.1, 0.15) is 75.7 Å². The summed E-state index contributed by atoms with van der Waals surface area (Å²) in [5.41, 5.74) is -2.79. The molecule has 222 valence electrons. The van der Waals surface area contributed by atoms with E-state index in [2.05, 4.69) is 18.1 Å². The van der Waals surface area contributed by atoms with Crippen LogP contribution in [0.25, 0.3) is 0 Å². The molecule has 0 atom stereocenters. The quantitative estimate of drug-likeness (QED) is 0.171. The van der Waals surface area contributed by atoms with E-state index in [0.29, 0.717) is 45.9 Å². The second kappa shape index (κ2) is 16.6. The Hall–Kier alpha value is -1.42. The minimum Gasteiger partial charge on any atom is -0.377 e. The van der Waals surface area contributed by atoms with Gasteiger partial charge in [0.15, 0.2) is 11.6 Å². The van der Waals surface area contributed by atoms with Crippen molar-refractivity contribution in [3.05, 3.63) is 25.3 Å². The van der Waals surface area contributed by atoms with Crippen molar-refractivity contribution in [1.82, 2.24) is 4.90 Å². The number of carbonyl (C=O) groups excluding carboxylic acids is 2. The first-order chi connectivity index (χ1) is 17.4. The SMILES string of the molecule is C=CC(=O)C(C)(C)OCCC(C)(C)OCCN(CCOC(C)C)CCOC(C)(C)COC(C)(C)C(=O)C=C. The van der Waals surface area contributed by atoms with E-state index in [-0.39, 0.29) is 24.3 Å². The molecule has 0 aromatic heterocycles. The Bertz CT molecular complexity index is 741. The van der Waals surface area contributed by atoms with E-state index in [0.717, 1.165) is 6.54 Å². The van der Waals surface area contributed by atoms with Crippen LogP contribution in [0, 0.1) is 0 Å².